The van der Waals surface area contributed by atoms with Crippen LogP contribution in [0.2, 0.25) is 0 Å². The Bertz CT molecular complexity index is 1200. The molecule has 1 aromatic heterocycles. The molecule has 0 aliphatic rings. The summed E-state index contributed by atoms with van der Waals surface area (Å²) < 4.78 is 27.1. The summed E-state index contributed by atoms with van der Waals surface area (Å²) in [6.45, 7) is -0.633. The van der Waals surface area contributed by atoms with Gasteiger partial charge in [0.25, 0.3) is 21.6 Å². The lowest BCUT2D eigenvalue weighted by molar-refractivity contribution is -0.384. The molecule has 0 aliphatic carbocycles. The molecule has 0 spiro atoms. The average molecular weight is 439 g/mol. The summed E-state index contributed by atoms with van der Waals surface area (Å²) in [5, 5.41) is 14.9. The second kappa shape index (κ2) is 9.59. The van der Waals surface area contributed by atoms with E-state index in [2.05, 4.69) is 15.5 Å². The van der Waals surface area contributed by atoms with E-state index in [4.69, 9.17) is 0 Å². The van der Waals surface area contributed by atoms with Crippen LogP contribution in [0.1, 0.15) is 5.56 Å². The summed E-state index contributed by atoms with van der Waals surface area (Å²) in [6.07, 6.45) is 4.49. The van der Waals surface area contributed by atoms with E-state index in [1.54, 1.807) is 30.6 Å². The minimum atomic E-state index is -4.18. The van der Waals surface area contributed by atoms with Crippen LogP contribution >= 0.6 is 0 Å². The third kappa shape index (κ3) is 5.48. The van der Waals surface area contributed by atoms with E-state index in [0.29, 0.717) is 5.56 Å². The molecule has 0 saturated carbocycles. The highest BCUT2D eigenvalue weighted by Crippen LogP contribution is 2.26. The Morgan fingerprint density at radius 1 is 1.10 bits per heavy atom. The first kappa shape index (κ1) is 21.6. The van der Waals surface area contributed by atoms with Crippen LogP contribution in [0.4, 0.5) is 11.4 Å². The van der Waals surface area contributed by atoms with E-state index in [1.807, 2.05) is 0 Å². The molecule has 0 radical (unpaired) electrons. The van der Waals surface area contributed by atoms with Gasteiger partial charge in [-0.05, 0) is 35.9 Å². The molecule has 0 aliphatic heterocycles. The fourth-order valence-corrected chi connectivity index (χ4v) is 4.02. The number of hydrogen-bond donors (Lipinski definition) is 1. The average Bonchev–Trinajstić information content (AvgIpc) is 2.79. The fraction of sp³-hybridized carbons (Fsp3) is 0.0500. The highest BCUT2D eigenvalue weighted by atomic mass is 32.2. The molecular weight excluding hydrogens is 422 g/mol. The number of sulfonamides is 1. The summed E-state index contributed by atoms with van der Waals surface area (Å²) in [4.78, 5) is 26.7. The first-order valence-corrected chi connectivity index (χ1v) is 10.4. The number of carbonyl (C=O) groups is 1. The van der Waals surface area contributed by atoms with Crippen LogP contribution in [0.25, 0.3) is 0 Å². The van der Waals surface area contributed by atoms with Gasteiger partial charge in [0.05, 0.1) is 21.7 Å². The molecule has 0 unspecified atom stereocenters. The van der Waals surface area contributed by atoms with Crippen LogP contribution in [0.3, 0.4) is 0 Å². The molecule has 11 heteroatoms. The zero-order valence-corrected chi connectivity index (χ0v) is 16.8. The van der Waals surface area contributed by atoms with Crippen LogP contribution in [-0.2, 0) is 14.8 Å². The molecule has 10 nitrogen and oxygen atoms in total. The van der Waals surface area contributed by atoms with E-state index < -0.39 is 27.4 Å². The van der Waals surface area contributed by atoms with Crippen molar-refractivity contribution in [3.63, 3.8) is 0 Å². The van der Waals surface area contributed by atoms with Crippen molar-refractivity contribution in [1.82, 2.24) is 10.4 Å². The van der Waals surface area contributed by atoms with Gasteiger partial charge in [0.15, 0.2) is 0 Å². The first-order chi connectivity index (χ1) is 14.9. The summed E-state index contributed by atoms with van der Waals surface area (Å²) in [5.41, 5.74) is 2.62. The molecule has 3 aromatic rings. The standard InChI is InChI=1S/C20H17N5O5S/c26-20(23-22-14-16-9-11-21-12-10-16)15-24(17-5-4-6-18(13-17)25(27)28)31(29,30)19-7-2-1-3-8-19/h1-14H,15H2,(H,23,26)/b22-14-. The van der Waals surface area contributed by atoms with Crippen LogP contribution in [-0.4, -0.2) is 37.0 Å². The molecule has 158 valence electrons. The number of hydrogen-bond acceptors (Lipinski definition) is 7. The molecule has 0 saturated heterocycles. The van der Waals surface area contributed by atoms with Crippen LogP contribution in [0, 0.1) is 10.1 Å². The Hall–Kier alpha value is -4.12. The minimum Gasteiger partial charge on any atom is -0.271 e. The van der Waals surface area contributed by atoms with Gasteiger partial charge in [-0.15, -0.1) is 0 Å². The van der Waals surface area contributed by atoms with Gasteiger partial charge in [0.1, 0.15) is 6.54 Å². The number of nitro groups is 1. The summed E-state index contributed by atoms with van der Waals surface area (Å²) in [6, 6.07) is 15.9. The highest BCUT2D eigenvalue weighted by Gasteiger charge is 2.28. The number of nitro benzene ring substituents is 1. The molecule has 1 amide bonds. The maximum atomic E-state index is 13.2. The molecule has 3 rings (SSSR count). The number of nitrogens with zero attached hydrogens (tertiary/aromatic N) is 4. The largest absolute Gasteiger partial charge is 0.271 e. The zero-order chi connectivity index (χ0) is 22.3. The van der Waals surface area contributed by atoms with E-state index in [1.165, 1.54) is 48.7 Å². The van der Waals surface area contributed by atoms with Gasteiger partial charge in [-0.3, -0.25) is 24.2 Å². The van der Waals surface area contributed by atoms with Crippen molar-refractivity contribution in [3.8, 4) is 0 Å². The second-order valence-corrected chi connectivity index (χ2v) is 8.04. The minimum absolute atomic E-state index is 0.0219. The predicted molar refractivity (Wildman–Crippen MR) is 114 cm³/mol. The Morgan fingerprint density at radius 2 is 1.81 bits per heavy atom. The smallest absolute Gasteiger partial charge is 0.271 e. The lowest BCUT2D eigenvalue weighted by Crippen LogP contribution is -2.39. The maximum Gasteiger partial charge on any atom is 0.271 e. The lowest BCUT2D eigenvalue weighted by atomic mass is 10.3. The van der Waals surface area contributed by atoms with Crippen molar-refractivity contribution < 1.29 is 18.1 Å². The Balaban J connectivity index is 1.89. The highest BCUT2D eigenvalue weighted by molar-refractivity contribution is 7.92. The van der Waals surface area contributed by atoms with Gasteiger partial charge >= 0.3 is 0 Å². The number of aromatic nitrogens is 1. The monoisotopic (exact) mass is 439 g/mol. The quantitative estimate of drug-likeness (QED) is 0.325. The number of pyridine rings is 1. The molecular formula is C20H17N5O5S. The van der Waals surface area contributed by atoms with Gasteiger partial charge in [-0.25, -0.2) is 13.8 Å². The third-order valence-corrected chi connectivity index (χ3v) is 5.84. The second-order valence-electron chi connectivity index (χ2n) is 6.18. The lowest BCUT2D eigenvalue weighted by Gasteiger charge is -2.23. The molecule has 2 aromatic carbocycles. The van der Waals surface area contributed by atoms with Crippen molar-refractivity contribution in [2.75, 3.05) is 10.8 Å². The third-order valence-electron chi connectivity index (χ3n) is 4.06. The van der Waals surface area contributed by atoms with Gasteiger partial charge in [0, 0.05) is 24.5 Å². The van der Waals surface area contributed by atoms with E-state index >= 15 is 0 Å². The summed E-state index contributed by atoms with van der Waals surface area (Å²) in [5.74, 6) is -0.726. The Labute approximate surface area is 178 Å². The maximum absolute atomic E-state index is 13.2. The number of amides is 1. The molecule has 0 fully saturated rings. The summed E-state index contributed by atoms with van der Waals surface area (Å²) >= 11 is 0. The Kier molecular flexibility index (Phi) is 6.67. The van der Waals surface area contributed by atoms with Crippen LogP contribution in [0.15, 0.2) is 89.1 Å². The van der Waals surface area contributed by atoms with Crippen molar-refractivity contribution in [1.29, 1.82) is 0 Å². The number of carbonyl (C=O) groups excluding carboxylic acids is 1. The van der Waals surface area contributed by atoms with Gasteiger partial charge in [-0.2, -0.15) is 5.10 Å². The van der Waals surface area contributed by atoms with Crippen molar-refractivity contribution >= 4 is 33.5 Å². The van der Waals surface area contributed by atoms with E-state index in [9.17, 15) is 23.3 Å². The number of benzene rings is 2. The number of non-ortho nitro benzene ring substituents is 1. The van der Waals surface area contributed by atoms with Gasteiger partial charge in [0.2, 0.25) is 0 Å². The van der Waals surface area contributed by atoms with Crippen molar-refractivity contribution in [2.24, 2.45) is 5.10 Å². The Morgan fingerprint density at radius 3 is 2.48 bits per heavy atom. The first-order valence-electron chi connectivity index (χ1n) is 8.92. The number of rotatable bonds is 8. The van der Waals surface area contributed by atoms with Crippen LogP contribution < -0.4 is 9.73 Å². The predicted octanol–water partition coefficient (Wildman–Crippen LogP) is 2.34. The van der Waals surface area contributed by atoms with Crippen LogP contribution in [0.5, 0.6) is 0 Å². The number of hydrazone groups is 1. The van der Waals surface area contributed by atoms with E-state index in [0.717, 1.165) is 10.4 Å². The molecule has 1 N–H and O–H groups in total. The fourth-order valence-electron chi connectivity index (χ4n) is 2.59. The van der Waals surface area contributed by atoms with Crippen molar-refractivity contribution in [3.05, 3.63) is 94.8 Å². The molecule has 0 bridgehead atoms. The number of anilines is 1. The van der Waals surface area contributed by atoms with Gasteiger partial charge < -0.3 is 0 Å². The topological polar surface area (TPSA) is 135 Å². The normalized spacial score (nSPS) is 11.2. The van der Waals surface area contributed by atoms with E-state index in [-0.39, 0.29) is 16.3 Å². The van der Waals surface area contributed by atoms with Gasteiger partial charge in [-0.1, -0.05) is 24.3 Å². The SMILES string of the molecule is O=C(CN(c1cccc([N+](=O)[O-])c1)S(=O)(=O)c1ccccc1)N/N=C\c1ccncc1. The molecule has 1 heterocycles. The summed E-state index contributed by atoms with van der Waals surface area (Å²) in [7, 11) is -4.18. The molecule has 0 atom stereocenters. The van der Waals surface area contributed by atoms with Crippen molar-refractivity contribution in [2.45, 2.75) is 4.90 Å². The zero-order valence-electron chi connectivity index (χ0n) is 16.0. The number of nitrogens with one attached hydrogen (secondary N) is 1. The molecule has 31 heavy (non-hydrogen) atoms.